The molecule has 0 aromatic carbocycles. The fourth-order valence-corrected chi connectivity index (χ4v) is 2.97. The first-order valence-electron chi connectivity index (χ1n) is 9.19. The molecule has 0 spiro atoms. The van der Waals surface area contributed by atoms with E-state index in [0.29, 0.717) is 37.7 Å². The summed E-state index contributed by atoms with van der Waals surface area (Å²) >= 11 is 0. The quantitative estimate of drug-likeness (QED) is 0.721. The number of likely N-dealkylation sites (tertiary alicyclic amines) is 1. The molecule has 1 aliphatic heterocycles. The van der Waals surface area contributed by atoms with Crippen molar-refractivity contribution in [3.8, 4) is 0 Å². The highest BCUT2D eigenvalue weighted by Crippen LogP contribution is 2.19. The van der Waals surface area contributed by atoms with Crippen LogP contribution in [-0.2, 0) is 11.3 Å². The van der Waals surface area contributed by atoms with Crippen LogP contribution in [0.2, 0.25) is 0 Å². The van der Waals surface area contributed by atoms with Crippen molar-refractivity contribution in [1.82, 2.24) is 25.2 Å². The summed E-state index contributed by atoms with van der Waals surface area (Å²) < 4.78 is 1.73. The van der Waals surface area contributed by atoms with E-state index in [0.717, 1.165) is 32.2 Å². The number of aromatic nitrogens is 3. The molecule has 8 nitrogen and oxygen atoms in total. The smallest absolute Gasteiger partial charge is 0.276 e. The number of aryl methyl sites for hydroxylation is 1. The maximum Gasteiger partial charge on any atom is 0.276 e. The molecule has 1 aromatic rings. The highest BCUT2D eigenvalue weighted by Gasteiger charge is 2.29. The Morgan fingerprint density at radius 3 is 2.92 bits per heavy atom. The number of hydrogen-bond donors (Lipinski definition) is 2. The van der Waals surface area contributed by atoms with Gasteiger partial charge in [0.1, 0.15) is 0 Å². The average Bonchev–Trinajstić information content (AvgIpc) is 3.07. The summed E-state index contributed by atoms with van der Waals surface area (Å²) in [5, 5.41) is 11.0. The molecule has 2 amide bonds. The van der Waals surface area contributed by atoms with Gasteiger partial charge in [0.05, 0.1) is 6.20 Å². The van der Waals surface area contributed by atoms with Crippen LogP contribution >= 0.6 is 0 Å². The molecule has 1 fully saturated rings. The van der Waals surface area contributed by atoms with E-state index in [1.165, 1.54) is 0 Å². The summed E-state index contributed by atoms with van der Waals surface area (Å²) in [5.74, 6) is 0.403. The molecule has 0 radical (unpaired) electrons. The first-order valence-corrected chi connectivity index (χ1v) is 9.19. The molecular weight excluding hydrogens is 320 g/mol. The van der Waals surface area contributed by atoms with Crippen molar-refractivity contribution in [3.05, 3.63) is 11.9 Å². The standard InChI is InChI=1S/C17H30N6O2/c1-13(2)7-10-22-12-15(20-21-22)17(25)23-9-4-3-5-14(23)11-19-16(24)6-8-18/h12-14H,3-11,18H2,1-2H3,(H,19,24). The molecule has 2 heterocycles. The van der Waals surface area contributed by atoms with Crippen LogP contribution in [0.3, 0.4) is 0 Å². The number of hydrogen-bond acceptors (Lipinski definition) is 5. The third kappa shape index (κ3) is 5.81. The van der Waals surface area contributed by atoms with Crippen molar-refractivity contribution in [3.63, 3.8) is 0 Å². The summed E-state index contributed by atoms with van der Waals surface area (Å²) in [7, 11) is 0. The maximum absolute atomic E-state index is 12.8. The minimum atomic E-state index is -0.103. The molecule has 2 rings (SSSR count). The summed E-state index contributed by atoms with van der Waals surface area (Å²) in [5.41, 5.74) is 5.77. The average molecular weight is 350 g/mol. The molecule has 25 heavy (non-hydrogen) atoms. The molecule has 1 atom stereocenters. The number of carbonyl (C=O) groups is 2. The fourth-order valence-electron chi connectivity index (χ4n) is 2.97. The molecular formula is C17H30N6O2. The molecule has 1 aliphatic rings. The van der Waals surface area contributed by atoms with Gasteiger partial charge in [-0.3, -0.25) is 14.3 Å². The molecule has 1 unspecified atom stereocenters. The third-order valence-electron chi connectivity index (χ3n) is 4.49. The largest absolute Gasteiger partial charge is 0.354 e. The Balaban J connectivity index is 1.96. The van der Waals surface area contributed by atoms with E-state index in [9.17, 15) is 9.59 Å². The number of nitrogens with zero attached hydrogens (tertiary/aromatic N) is 4. The second-order valence-electron chi connectivity index (χ2n) is 7.04. The van der Waals surface area contributed by atoms with E-state index in [4.69, 9.17) is 5.73 Å². The van der Waals surface area contributed by atoms with Gasteiger partial charge in [0.15, 0.2) is 5.69 Å². The van der Waals surface area contributed by atoms with E-state index in [-0.39, 0.29) is 17.9 Å². The van der Waals surface area contributed by atoms with Gasteiger partial charge in [-0.2, -0.15) is 0 Å². The molecule has 140 valence electrons. The zero-order valence-electron chi connectivity index (χ0n) is 15.3. The maximum atomic E-state index is 12.8. The molecule has 1 aromatic heterocycles. The Morgan fingerprint density at radius 2 is 2.20 bits per heavy atom. The van der Waals surface area contributed by atoms with Crippen molar-refractivity contribution in [2.75, 3.05) is 19.6 Å². The summed E-state index contributed by atoms with van der Waals surface area (Å²) in [4.78, 5) is 26.3. The molecule has 0 bridgehead atoms. The van der Waals surface area contributed by atoms with E-state index in [1.54, 1.807) is 10.9 Å². The lowest BCUT2D eigenvalue weighted by molar-refractivity contribution is -0.121. The molecule has 0 aliphatic carbocycles. The van der Waals surface area contributed by atoms with Gasteiger partial charge in [0.2, 0.25) is 5.91 Å². The number of carbonyl (C=O) groups excluding carboxylic acids is 2. The lowest BCUT2D eigenvalue weighted by Gasteiger charge is -2.35. The predicted octanol–water partition coefficient (Wildman–Crippen LogP) is 0.784. The van der Waals surface area contributed by atoms with Crippen LogP contribution in [0.5, 0.6) is 0 Å². The highest BCUT2D eigenvalue weighted by molar-refractivity contribution is 5.92. The SMILES string of the molecule is CC(C)CCn1cc(C(=O)N2CCCCC2CNC(=O)CCN)nn1. The van der Waals surface area contributed by atoms with Gasteiger partial charge in [-0.1, -0.05) is 19.1 Å². The molecule has 8 heteroatoms. The number of rotatable bonds is 8. The lowest BCUT2D eigenvalue weighted by Crippen LogP contribution is -2.49. The van der Waals surface area contributed by atoms with Crippen molar-refractivity contribution in [2.24, 2.45) is 11.7 Å². The number of piperidine rings is 1. The minimum Gasteiger partial charge on any atom is -0.354 e. The van der Waals surface area contributed by atoms with Gasteiger partial charge in [0, 0.05) is 38.6 Å². The first kappa shape index (κ1) is 19.4. The van der Waals surface area contributed by atoms with Gasteiger partial charge in [-0.25, -0.2) is 0 Å². The minimum absolute atomic E-state index is 0.00351. The topological polar surface area (TPSA) is 106 Å². The van der Waals surface area contributed by atoms with Gasteiger partial charge in [-0.15, -0.1) is 5.10 Å². The second-order valence-corrected chi connectivity index (χ2v) is 7.04. The third-order valence-corrected chi connectivity index (χ3v) is 4.49. The lowest BCUT2D eigenvalue weighted by atomic mass is 10.0. The van der Waals surface area contributed by atoms with Crippen molar-refractivity contribution >= 4 is 11.8 Å². The van der Waals surface area contributed by atoms with Crippen molar-refractivity contribution in [2.45, 2.75) is 58.5 Å². The van der Waals surface area contributed by atoms with Crippen LogP contribution in [0.25, 0.3) is 0 Å². The van der Waals surface area contributed by atoms with Crippen LogP contribution in [0.4, 0.5) is 0 Å². The second kappa shape index (κ2) is 9.50. The Labute approximate surface area is 149 Å². The van der Waals surface area contributed by atoms with Crippen LogP contribution in [0.1, 0.15) is 56.4 Å². The van der Waals surface area contributed by atoms with Crippen LogP contribution in [0, 0.1) is 5.92 Å². The molecule has 3 N–H and O–H groups in total. The van der Waals surface area contributed by atoms with E-state index < -0.39 is 0 Å². The van der Waals surface area contributed by atoms with Crippen molar-refractivity contribution < 1.29 is 9.59 Å². The summed E-state index contributed by atoms with van der Waals surface area (Å²) in [6.45, 7) is 6.55. The zero-order chi connectivity index (χ0) is 18.2. The van der Waals surface area contributed by atoms with Crippen molar-refractivity contribution in [1.29, 1.82) is 0 Å². The van der Waals surface area contributed by atoms with Crippen LogP contribution in [0.15, 0.2) is 6.20 Å². The first-order chi connectivity index (χ1) is 12.0. The van der Waals surface area contributed by atoms with Crippen LogP contribution in [-0.4, -0.2) is 57.4 Å². The van der Waals surface area contributed by atoms with Gasteiger partial charge >= 0.3 is 0 Å². The van der Waals surface area contributed by atoms with Gasteiger partial charge < -0.3 is 16.0 Å². The normalized spacial score (nSPS) is 17.8. The Hall–Kier alpha value is -1.96. The Kier molecular flexibility index (Phi) is 7.36. The number of nitrogens with two attached hydrogens (primary N) is 1. The Morgan fingerprint density at radius 1 is 1.40 bits per heavy atom. The monoisotopic (exact) mass is 350 g/mol. The van der Waals surface area contributed by atoms with Gasteiger partial charge in [0.25, 0.3) is 5.91 Å². The number of nitrogens with one attached hydrogen (secondary N) is 1. The highest BCUT2D eigenvalue weighted by atomic mass is 16.2. The van der Waals surface area contributed by atoms with E-state index >= 15 is 0 Å². The fraction of sp³-hybridized carbons (Fsp3) is 0.765. The Bertz CT molecular complexity index is 571. The summed E-state index contributed by atoms with van der Waals surface area (Å²) in [6, 6.07) is 0.00351. The number of amides is 2. The van der Waals surface area contributed by atoms with E-state index in [1.807, 2.05) is 4.90 Å². The zero-order valence-corrected chi connectivity index (χ0v) is 15.3. The molecule has 0 saturated carbocycles. The predicted molar refractivity (Wildman–Crippen MR) is 94.8 cm³/mol. The molecule has 1 saturated heterocycles. The van der Waals surface area contributed by atoms with Crippen LogP contribution < -0.4 is 11.1 Å². The van der Waals surface area contributed by atoms with E-state index in [2.05, 4.69) is 29.5 Å². The van der Waals surface area contributed by atoms with Gasteiger partial charge in [-0.05, 0) is 31.6 Å². The summed E-state index contributed by atoms with van der Waals surface area (Å²) in [6.07, 6.45) is 5.95.